The summed E-state index contributed by atoms with van der Waals surface area (Å²) in [5, 5.41) is 2.88. The van der Waals surface area contributed by atoms with Gasteiger partial charge in [0.05, 0.1) is 0 Å². The molecule has 0 aromatic heterocycles. The zero-order chi connectivity index (χ0) is 15.5. The van der Waals surface area contributed by atoms with E-state index < -0.39 is 10.5 Å². The fourth-order valence-corrected chi connectivity index (χ4v) is 2.75. The molecule has 1 heterocycles. The Balaban J connectivity index is 2.00. The predicted octanol–water partition coefficient (Wildman–Crippen LogP) is 1.38. The minimum Gasteiger partial charge on any atom is -0.371 e. The van der Waals surface area contributed by atoms with Crippen molar-refractivity contribution in [2.24, 2.45) is 0 Å². The normalized spacial score (nSPS) is 16.6. The van der Waals surface area contributed by atoms with Crippen LogP contribution in [-0.2, 0) is 15.3 Å². The fourth-order valence-electron chi connectivity index (χ4n) is 2.42. The first kappa shape index (κ1) is 15.6. The Labute approximate surface area is 123 Å². The molecule has 1 aliphatic rings. The van der Waals surface area contributed by atoms with Crippen molar-refractivity contribution in [1.82, 2.24) is 5.32 Å². The summed E-state index contributed by atoms with van der Waals surface area (Å²) in [6.45, 7) is 2.93. The molecule has 8 heteroatoms. The number of carbonyl (C=O) groups excluding carboxylic acids is 1. The van der Waals surface area contributed by atoms with Gasteiger partial charge in [0.25, 0.3) is 0 Å². The number of nitrogens with zero attached hydrogens (tertiary/aromatic N) is 1. The molecule has 1 fully saturated rings. The highest BCUT2D eigenvalue weighted by atomic mass is 32.3. The molecule has 0 spiro atoms. The van der Waals surface area contributed by atoms with Crippen LogP contribution < -0.4 is 14.4 Å². The number of carbonyl (C=O) groups is 1. The zero-order valence-electron chi connectivity index (χ0n) is 11.6. The van der Waals surface area contributed by atoms with Gasteiger partial charge in [-0.05, 0) is 25.0 Å². The molecule has 1 amide bonds. The van der Waals surface area contributed by atoms with E-state index in [1.54, 1.807) is 12.1 Å². The Morgan fingerprint density at radius 2 is 2.05 bits per heavy atom. The number of piperidine rings is 1. The van der Waals surface area contributed by atoms with Crippen LogP contribution in [0.5, 0.6) is 5.75 Å². The molecule has 1 aromatic carbocycles. The van der Waals surface area contributed by atoms with Gasteiger partial charge in [-0.1, -0.05) is 9.95 Å². The molecule has 6 nitrogen and oxygen atoms in total. The van der Waals surface area contributed by atoms with Crippen molar-refractivity contribution in [2.75, 3.05) is 18.0 Å². The van der Waals surface area contributed by atoms with E-state index in [1.807, 2.05) is 4.90 Å². The Hall–Kier alpha value is -1.83. The summed E-state index contributed by atoms with van der Waals surface area (Å²) >= 11 is 0. The van der Waals surface area contributed by atoms with Gasteiger partial charge >= 0.3 is 10.5 Å². The molecule has 116 valence electrons. The van der Waals surface area contributed by atoms with Gasteiger partial charge in [0.1, 0.15) is 5.75 Å². The summed E-state index contributed by atoms with van der Waals surface area (Å²) < 4.78 is 37.7. The van der Waals surface area contributed by atoms with E-state index in [9.17, 15) is 17.1 Å². The maximum Gasteiger partial charge on any atom is 0.488 e. The van der Waals surface area contributed by atoms with E-state index in [-0.39, 0.29) is 17.7 Å². The lowest BCUT2D eigenvalue weighted by molar-refractivity contribution is -0.119. The van der Waals surface area contributed by atoms with Gasteiger partial charge in [-0.15, -0.1) is 0 Å². The van der Waals surface area contributed by atoms with E-state index in [4.69, 9.17) is 0 Å². The van der Waals surface area contributed by atoms with E-state index in [0.29, 0.717) is 0 Å². The minimum absolute atomic E-state index is 0.0444. The number of halogens is 1. The molecule has 0 bridgehead atoms. The summed E-state index contributed by atoms with van der Waals surface area (Å²) in [6, 6.07) is 6.43. The number of amides is 1. The maximum atomic E-state index is 12.5. The van der Waals surface area contributed by atoms with Crippen molar-refractivity contribution < 1.29 is 21.3 Å². The average Bonchev–Trinajstić information content (AvgIpc) is 2.37. The predicted molar refractivity (Wildman–Crippen MR) is 76.1 cm³/mol. The van der Waals surface area contributed by atoms with E-state index >= 15 is 0 Å². The molecule has 1 saturated heterocycles. The summed E-state index contributed by atoms with van der Waals surface area (Å²) in [5.41, 5.74) is 0.762. The largest absolute Gasteiger partial charge is 0.488 e. The molecule has 1 N–H and O–H groups in total. The molecular formula is C13H17FN2O4S. The van der Waals surface area contributed by atoms with Crippen LogP contribution in [0.25, 0.3) is 0 Å². The van der Waals surface area contributed by atoms with Crippen molar-refractivity contribution in [3.63, 3.8) is 0 Å². The van der Waals surface area contributed by atoms with Crippen LogP contribution in [0.2, 0.25) is 0 Å². The van der Waals surface area contributed by atoms with E-state index in [1.165, 1.54) is 19.1 Å². The fraction of sp³-hybridized carbons (Fsp3) is 0.462. The van der Waals surface area contributed by atoms with Crippen molar-refractivity contribution in [3.8, 4) is 5.75 Å². The average molecular weight is 316 g/mol. The van der Waals surface area contributed by atoms with Crippen LogP contribution in [-0.4, -0.2) is 33.5 Å². The molecule has 21 heavy (non-hydrogen) atoms. The minimum atomic E-state index is -5.01. The molecule has 2 rings (SSSR count). The molecule has 1 aromatic rings. The van der Waals surface area contributed by atoms with Crippen LogP contribution in [0.15, 0.2) is 24.3 Å². The number of anilines is 1. The topological polar surface area (TPSA) is 75.7 Å². The number of hydrogen-bond acceptors (Lipinski definition) is 5. The number of hydrogen-bond donors (Lipinski definition) is 1. The Bertz CT molecular complexity index is 612. The number of rotatable bonds is 4. The van der Waals surface area contributed by atoms with Crippen LogP contribution in [0.3, 0.4) is 0 Å². The highest BCUT2D eigenvalue weighted by molar-refractivity contribution is 7.81. The zero-order valence-corrected chi connectivity index (χ0v) is 12.4. The second kappa shape index (κ2) is 6.30. The van der Waals surface area contributed by atoms with Crippen molar-refractivity contribution in [3.05, 3.63) is 24.3 Å². The molecule has 0 aliphatic carbocycles. The van der Waals surface area contributed by atoms with Crippen LogP contribution in [0.4, 0.5) is 9.57 Å². The highest BCUT2D eigenvalue weighted by Crippen LogP contribution is 2.25. The van der Waals surface area contributed by atoms with Gasteiger partial charge < -0.3 is 14.4 Å². The lowest BCUT2D eigenvalue weighted by Crippen LogP contribution is -2.44. The summed E-state index contributed by atoms with van der Waals surface area (Å²) in [7, 11) is -5.01. The van der Waals surface area contributed by atoms with Gasteiger partial charge in [-0.3, -0.25) is 4.79 Å². The van der Waals surface area contributed by atoms with Crippen molar-refractivity contribution in [2.45, 2.75) is 25.8 Å². The monoisotopic (exact) mass is 316 g/mol. The lowest BCUT2D eigenvalue weighted by Gasteiger charge is -2.33. The van der Waals surface area contributed by atoms with Crippen LogP contribution in [0, 0.1) is 0 Å². The first-order valence-electron chi connectivity index (χ1n) is 6.60. The molecule has 0 radical (unpaired) electrons. The third-order valence-electron chi connectivity index (χ3n) is 3.28. The SMILES string of the molecule is CC(=O)NC1CCN(c2cccc(OS(=O)(=O)F)c2)CC1. The lowest BCUT2D eigenvalue weighted by atomic mass is 10.0. The maximum absolute atomic E-state index is 12.5. The Kier molecular flexibility index (Phi) is 4.66. The van der Waals surface area contributed by atoms with E-state index in [0.717, 1.165) is 31.6 Å². The standard InChI is InChI=1S/C13H17FN2O4S/c1-10(17)15-11-5-7-16(8-6-11)12-3-2-4-13(9-12)20-21(14,18)19/h2-4,9,11H,5-8H2,1H3,(H,15,17). The first-order valence-corrected chi connectivity index (χ1v) is 7.90. The first-order chi connectivity index (χ1) is 9.83. The molecule has 1 aliphatic heterocycles. The van der Waals surface area contributed by atoms with Crippen LogP contribution >= 0.6 is 0 Å². The summed E-state index contributed by atoms with van der Waals surface area (Å²) in [5.74, 6) is -0.101. The van der Waals surface area contributed by atoms with Crippen molar-refractivity contribution >= 4 is 22.1 Å². The smallest absolute Gasteiger partial charge is 0.371 e. The Morgan fingerprint density at radius 3 is 2.62 bits per heavy atom. The van der Waals surface area contributed by atoms with Crippen molar-refractivity contribution in [1.29, 1.82) is 0 Å². The third-order valence-corrected chi connectivity index (χ3v) is 3.67. The molecule has 0 atom stereocenters. The molecular weight excluding hydrogens is 299 g/mol. The molecule has 0 saturated carbocycles. The van der Waals surface area contributed by atoms with Gasteiger partial charge in [-0.25, -0.2) is 0 Å². The van der Waals surface area contributed by atoms with Gasteiger partial charge in [-0.2, -0.15) is 8.42 Å². The quantitative estimate of drug-likeness (QED) is 0.850. The van der Waals surface area contributed by atoms with Gasteiger partial charge in [0.2, 0.25) is 5.91 Å². The molecule has 0 unspecified atom stereocenters. The number of benzene rings is 1. The van der Waals surface area contributed by atoms with Crippen LogP contribution in [0.1, 0.15) is 19.8 Å². The Morgan fingerprint density at radius 1 is 1.38 bits per heavy atom. The second-order valence-corrected chi connectivity index (χ2v) is 5.89. The third kappa shape index (κ3) is 4.89. The summed E-state index contributed by atoms with van der Waals surface area (Å²) in [6.07, 6.45) is 1.60. The second-order valence-electron chi connectivity index (χ2n) is 4.94. The van der Waals surface area contributed by atoms with Gasteiger partial charge in [0, 0.05) is 37.8 Å². The van der Waals surface area contributed by atoms with E-state index in [2.05, 4.69) is 9.50 Å². The summed E-state index contributed by atoms with van der Waals surface area (Å²) in [4.78, 5) is 13.0. The van der Waals surface area contributed by atoms with Gasteiger partial charge in [0.15, 0.2) is 0 Å². The highest BCUT2D eigenvalue weighted by Gasteiger charge is 2.20. The number of nitrogens with one attached hydrogen (secondary N) is 1.